The van der Waals surface area contributed by atoms with Crippen LogP contribution in [0.1, 0.15) is 36.8 Å². The molecular formula is C38H39Cl2N7O3. The minimum atomic E-state index is 0.102. The second-order valence-corrected chi connectivity index (χ2v) is 13.7. The van der Waals surface area contributed by atoms with E-state index in [9.17, 15) is 9.59 Å². The van der Waals surface area contributed by atoms with E-state index in [0.717, 1.165) is 69.4 Å². The molecule has 0 unspecified atom stereocenters. The molecule has 0 bridgehead atoms. The molecule has 2 saturated heterocycles. The van der Waals surface area contributed by atoms with Crippen molar-refractivity contribution >= 4 is 45.9 Å². The van der Waals surface area contributed by atoms with Crippen LogP contribution in [0.25, 0.3) is 44.5 Å². The number of carbonyl (C=O) groups excluding carboxylic acids is 2. The van der Waals surface area contributed by atoms with Gasteiger partial charge in [-0.25, -0.2) is 4.98 Å². The summed E-state index contributed by atoms with van der Waals surface area (Å²) in [5.41, 5.74) is 7.69. The summed E-state index contributed by atoms with van der Waals surface area (Å²) >= 11 is 14.3. The highest BCUT2D eigenvalue weighted by Gasteiger charge is 2.22. The number of benzene rings is 2. The summed E-state index contributed by atoms with van der Waals surface area (Å²) in [6.07, 6.45) is 6.89. The van der Waals surface area contributed by atoms with Crippen molar-refractivity contribution in [1.29, 1.82) is 0 Å². The molecule has 2 aromatic carbocycles. The maximum atomic E-state index is 11.5. The van der Waals surface area contributed by atoms with Gasteiger partial charge < -0.3 is 30.6 Å². The van der Waals surface area contributed by atoms with E-state index in [1.54, 1.807) is 7.11 Å². The number of amides is 2. The van der Waals surface area contributed by atoms with Crippen molar-refractivity contribution in [2.24, 2.45) is 7.05 Å². The van der Waals surface area contributed by atoms with Crippen LogP contribution >= 0.6 is 23.2 Å². The Morgan fingerprint density at radius 1 is 0.820 bits per heavy atom. The molecule has 2 aliphatic heterocycles. The van der Waals surface area contributed by atoms with Crippen molar-refractivity contribution in [1.82, 2.24) is 35.8 Å². The van der Waals surface area contributed by atoms with Crippen LogP contribution < -0.4 is 26.0 Å². The molecule has 3 aromatic heterocycles. The van der Waals surface area contributed by atoms with Gasteiger partial charge in [0.05, 0.1) is 34.1 Å². The topological polar surface area (TPSA) is 122 Å². The van der Waals surface area contributed by atoms with Crippen LogP contribution in [-0.4, -0.2) is 58.6 Å². The zero-order valence-corrected chi connectivity index (χ0v) is 29.5. The van der Waals surface area contributed by atoms with Crippen LogP contribution in [0.15, 0.2) is 67.0 Å². The maximum Gasteiger partial charge on any atom is 0.220 e. The number of hydrogen-bond acceptors (Lipinski definition) is 7. The van der Waals surface area contributed by atoms with Gasteiger partial charge in [-0.1, -0.05) is 65.7 Å². The van der Waals surface area contributed by atoms with Crippen LogP contribution in [0.3, 0.4) is 0 Å². The summed E-state index contributed by atoms with van der Waals surface area (Å²) in [7, 11) is 3.63. The average Bonchev–Trinajstić information content (AvgIpc) is 3.83. The van der Waals surface area contributed by atoms with Crippen molar-refractivity contribution < 1.29 is 14.3 Å². The molecule has 0 aliphatic carbocycles. The van der Waals surface area contributed by atoms with Crippen LogP contribution in [-0.2, 0) is 29.7 Å². The summed E-state index contributed by atoms with van der Waals surface area (Å²) in [6.45, 7) is 2.65. The van der Waals surface area contributed by atoms with Crippen LogP contribution in [0.2, 0.25) is 10.0 Å². The zero-order valence-electron chi connectivity index (χ0n) is 28.0. The summed E-state index contributed by atoms with van der Waals surface area (Å²) in [5.74, 6) is 0.734. The molecule has 0 spiro atoms. The number of halogens is 2. The normalized spacial score (nSPS) is 17.4. The second-order valence-electron chi connectivity index (χ2n) is 12.9. The number of nitrogens with one attached hydrogen (secondary N) is 4. The quantitative estimate of drug-likeness (QED) is 0.125. The van der Waals surface area contributed by atoms with Crippen molar-refractivity contribution in [3.05, 3.63) is 88.2 Å². The SMILES string of the molecule is COc1nc(-c2cccc(-c3cccc(-c4cc5c(cn4)c(CNC[C@H]4CCC(=O)N4)cn5C)c3Cl)c2Cl)ccc1CNC[C@@H]1CCC(=O)N1. The summed E-state index contributed by atoms with van der Waals surface area (Å²) < 4.78 is 7.76. The van der Waals surface area contributed by atoms with Gasteiger partial charge in [-0.05, 0) is 30.5 Å². The summed E-state index contributed by atoms with van der Waals surface area (Å²) in [6, 6.07) is 18.1. The number of pyridine rings is 2. The lowest BCUT2D eigenvalue weighted by Crippen LogP contribution is -2.35. The first-order valence-electron chi connectivity index (χ1n) is 16.8. The standard InChI is InChI=1S/C38H39Cl2N7O3/c1-47-21-23(17-42-19-25-11-14-35(49)45-25)30-20-43-32(15-33(30)47)29-8-4-6-27(37(29)40)26-5-3-7-28(36(26)39)31-12-9-22(38(46-31)50-2)16-41-18-24-10-13-34(48)44-24/h3-9,12,15,20-21,24-25,41-42H,10-11,13-14,16-19H2,1-2H3,(H,44,48)(H,45,49)/t24-,25+/m0/s1. The van der Waals surface area contributed by atoms with Crippen molar-refractivity contribution in [2.75, 3.05) is 20.2 Å². The fraction of sp³-hybridized carbons (Fsp3) is 0.316. The van der Waals surface area contributed by atoms with Gasteiger partial charge in [0, 0.05) is 104 Å². The van der Waals surface area contributed by atoms with Gasteiger partial charge >= 0.3 is 0 Å². The molecule has 4 N–H and O–H groups in total. The molecule has 50 heavy (non-hydrogen) atoms. The third kappa shape index (κ3) is 7.07. The minimum Gasteiger partial charge on any atom is -0.481 e. The molecule has 2 atom stereocenters. The average molecular weight is 713 g/mol. The Morgan fingerprint density at radius 3 is 1.98 bits per heavy atom. The molecule has 2 amide bonds. The predicted octanol–water partition coefficient (Wildman–Crippen LogP) is 6.02. The number of ether oxygens (including phenoxy) is 1. The predicted molar refractivity (Wildman–Crippen MR) is 197 cm³/mol. The maximum absolute atomic E-state index is 11.5. The molecule has 2 fully saturated rings. The number of aryl methyl sites for hydroxylation is 1. The summed E-state index contributed by atoms with van der Waals surface area (Å²) in [4.78, 5) is 32.7. The highest BCUT2D eigenvalue weighted by molar-refractivity contribution is 6.39. The highest BCUT2D eigenvalue weighted by Crippen LogP contribution is 2.42. The molecule has 0 saturated carbocycles. The van der Waals surface area contributed by atoms with Gasteiger partial charge in [0.2, 0.25) is 17.7 Å². The number of aromatic nitrogens is 3. The van der Waals surface area contributed by atoms with Crippen molar-refractivity contribution in [2.45, 2.75) is 50.9 Å². The van der Waals surface area contributed by atoms with Gasteiger partial charge in [-0.3, -0.25) is 14.6 Å². The lowest BCUT2D eigenvalue weighted by molar-refractivity contribution is -0.120. The number of rotatable bonds is 12. The van der Waals surface area contributed by atoms with Gasteiger partial charge in [0.15, 0.2) is 0 Å². The van der Waals surface area contributed by atoms with E-state index < -0.39 is 0 Å². The Labute approximate surface area is 300 Å². The molecule has 5 heterocycles. The molecule has 7 rings (SSSR count). The van der Waals surface area contributed by atoms with Gasteiger partial charge in [0.25, 0.3) is 0 Å². The third-order valence-electron chi connectivity index (χ3n) is 9.51. The van der Waals surface area contributed by atoms with E-state index >= 15 is 0 Å². The van der Waals surface area contributed by atoms with Crippen LogP contribution in [0.5, 0.6) is 5.88 Å². The molecule has 258 valence electrons. The van der Waals surface area contributed by atoms with E-state index in [1.165, 1.54) is 0 Å². The number of methoxy groups -OCH3 is 1. The van der Waals surface area contributed by atoms with Gasteiger partial charge in [0.1, 0.15) is 0 Å². The first kappa shape index (κ1) is 34.0. The molecule has 0 radical (unpaired) electrons. The molecule has 10 nitrogen and oxygen atoms in total. The third-order valence-corrected chi connectivity index (χ3v) is 10.3. The Hall–Kier alpha value is -4.48. The van der Waals surface area contributed by atoms with Gasteiger partial charge in [-0.15, -0.1) is 0 Å². The minimum absolute atomic E-state index is 0.102. The van der Waals surface area contributed by atoms with E-state index in [4.69, 9.17) is 37.9 Å². The highest BCUT2D eigenvalue weighted by atomic mass is 35.5. The number of carbonyl (C=O) groups is 2. The van der Waals surface area contributed by atoms with Crippen LogP contribution in [0.4, 0.5) is 0 Å². The Bertz CT molecular complexity index is 2080. The first-order valence-corrected chi connectivity index (χ1v) is 17.6. The molecular weight excluding hydrogens is 673 g/mol. The molecule has 5 aromatic rings. The van der Waals surface area contributed by atoms with Crippen molar-refractivity contribution in [3.8, 4) is 39.5 Å². The first-order chi connectivity index (χ1) is 24.3. The lowest BCUT2D eigenvalue weighted by atomic mass is 9.98. The van der Waals surface area contributed by atoms with Gasteiger partial charge in [-0.2, -0.15) is 0 Å². The summed E-state index contributed by atoms with van der Waals surface area (Å²) in [5, 5.41) is 15.0. The Balaban J connectivity index is 1.11. The lowest BCUT2D eigenvalue weighted by Gasteiger charge is -2.15. The van der Waals surface area contributed by atoms with E-state index in [0.29, 0.717) is 54.1 Å². The second kappa shape index (κ2) is 14.8. The fourth-order valence-corrected chi connectivity index (χ4v) is 7.52. The van der Waals surface area contributed by atoms with E-state index in [1.807, 2.05) is 61.8 Å². The Kier molecular flexibility index (Phi) is 10.1. The number of hydrogen-bond donors (Lipinski definition) is 4. The van der Waals surface area contributed by atoms with E-state index in [-0.39, 0.29) is 23.9 Å². The number of nitrogens with zero attached hydrogens (tertiary/aromatic N) is 3. The fourth-order valence-electron chi connectivity index (χ4n) is 6.87. The van der Waals surface area contributed by atoms with Crippen molar-refractivity contribution in [3.63, 3.8) is 0 Å². The monoisotopic (exact) mass is 711 g/mol. The van der Waals surface area contributed by atoms with Crippen LogP contribution in [0, 0.1) is 0 Å². The number of fused-ring (bicyclic) bond motifs is 1. The molecule has 2 aliphatic rings. The smallest absolute Gasteiger partial charge is 0.220 e. The van der Waals surface area contributed by atoms with E-state index in [2.05, 4.69) is 38.1 Å². The zero-order chi connectivity index (χ0) is 34.8. The molecule has 12 heteroatoms. The Morgan fingerprint density at radius 2 is 1.40 bits per heavy atom. The largest absolute Gasteiger partial charge is 0.481 e.